The number of halogens is 1. The zero-order valence-electron chi connectivity index (χ0n) is 8.68. The number of hydrogen-bond donors (Lipinski definition) is 1. The van der Waals surface area contributed by atoms with Crippen molar-refractivity contribution in [3.63, 3.8) is 0 Å². The second-order valence-electron chi connectivity index (χ2n) is 3.37. The van der Waals surface area contributed by atoms with Gasteiger partial charge in [-0.25, -0.2) is 9.37 Å². The van der Waals surface area contributed by atoms with E-state index in [0.29, 0.717) is 5.22 Å². The Morgan fingerprint density at radius 2 is 2.31 bits per heavy atom. The summed E-state index contributed by atoms with van der Waals surface area (Å²) in [5.41, 5.74) is 6.53. The van der Waals surface area contributed by atoms with Crippen molar-refractivity contribution in [3.8, 4) is 0 Å². The van der Waals surface area contributed by atoms with Crippen molar-refractivity contribution in [2.75, 3.05) is 0 Å². The molecule has 0 saturated carbocycles. The van der Waals surface area contributed by atoms with E-state index in [0.717, 1.165) is 10.5 Å². The summed E-state index contributed by atoms with van der Waals surface area (Å²) in [5.74, 6) is -0.288. The Morgan fingerprint density at radius 1 is 1.50 bits per heavy atom. The SMILES string of the molecule is C[C@H](N)c1cc(F)ccc1Sc1ncco1. The molecule has 1 atom stereocenters. The second-order valence-corrected chi connectivity index (χ2v) is 4.36. The molecule has 2 rings (SSSR count). The van der Waals surface area contributed by atoms with Gasteiger partial charge in [-0.15, -0.1) is 0 Å². The fourth-order valence-electron chi connectivity index (χ4n) is 1.32. The van der Waals surface area contributed by atoms with E-state index in [9.17, 15) is 4.39 Å². The summed E-state index contributed by atoms with van der Waals surface area (Å²) in [6.07, 6.45) is 3.06. The van der Waals surface area contributed by atoms with E-state index in [1.54, 1.807) is 12.3 Å². The Balaban J connectivity index is 2.33. The third kappa shape index (κ3) is 2.43. The topological polar surface area (TPSA) is 52.0 Å². The molecular formula is C11H11FN2OS. The highest BCUT2D eigenvalue weighted by atomic mass is 32.2. The van der Waals surface area contributed by atoms with E-state index in [2.05, 4.69) is 4.98 Å². The molecule has 3 nitrogen and oxygen atoms in total. The first-order valence-electron chi connectivity index (χ1n) is 4.79. The third-order valence-corrected chi connectivity index (χ3v) is 3.04. The van der Waals surface area contributed by atoms with Crippen molar-refractivity contribution >= 4 is 11.8 Å². The van der Waals surface area contributed by atoms with Crippen molar-refractivity contribution in [1.82, 2.24) is 4.98 Å². The minimum atomic E-state index is -0.288. The Morgan fingerprint density at radius 3 is 2.94 bits per heavy atom. The van der Waals surface area contributed by atoms with Crippen LogP contribution in [0.15, 0.2) is 45.2 Å². The Hall–Kier alpha value is -1.33. The number of rotatable bonds is 3. The van der Waals surface area contributed by atoms with E-state index in [-0.39, 0.29) is 11.9 Å². The van der Waals surface area contributed by atoms with Gasteiger partial charge in [0.25, 0.3) is 5.22 Å². The number of nitrogens with two attached hydrogens (primary N) is 1. The Labute approximate surface area is 96.9 Å². The van der Waals surface area contributed by atoms with Crippen LogP contribution in [0.25, 0.3) is 0 Å². The molecule has 5 heteroatoms. The van der Waals surface area contributed by atoms with E-state index >= 15 is 0 Å². The van der Waals surface area contributed by atoms with Crippen LogP contribution in [0, 0.1) is 5.82 Å². The lowest BCUT2D eigenvalue weighted by Crippen LogP contribution is -2.06. The molecule has 1 aromatic carbocycles. The molecule has 0 aliphatic rings. The monoisotopic (exact) mass is 238 g/mol. The Bertz CT molecular complexity index is 471. The fourth-order valence-corrected chi connectivity index (χ4v) is 2.23. The molecule has 2 N–H and O–H groups in total. The van der Waals surface area contributed by atoms with Crippen molar-refractivity contribution in [3.05, 3.63) is 42.0 Å². The molecule has 0 fully saturated rings. The van der Waals surface area contributed by atoms with E-state index < -0.39 is 0 Å². The zero-order valence-corrected chi connectivity index (χ0v) is 9.50. The van der Waals surface area contributed by atoms with E-state index in [1.165, 1.54) is 30.2 Å². The number of oxazole rings is 1. The molecule has 0 saturated heterocycles. The summed E-state index contributed by atoms with van der Waals surface area (Å²) in [5, 5.41) is 0.522. The van der Waals surface area contributed by atoms with Crippen LogP contribution >= 0.6 is 11.8 Å². The highest BCUT2D eigenvalue weighted by Crippen LogP contribution is 2.32. The average Bonchev–Trinajstić information content (AvgIpc) is 2.73. The van der Waals surface area contributed by atoms with Gasteiger partial charge in [-0.1, -0.05) is 0 Å². The highest BCUT2D eigenvalue weighted by molar-refractivity contribution is 7.99. The number of aromatic nitrogens is 1. The molecule has 1 heterocycles. The largest absolute Gasteiger partial charge is 0.440 e. The molecule has 0 radical (unpaired) electrons. The molecule has 1 aromatic heterocycles. The fraction of sp³-hybridized carbons (Fsp3) is 0.182. The molecule has 16 heavy (non-hydrogen) atoms. The molecule has 0 amide bonds. The van der Waals surface area contributed by atoms with Gasteiger partial charge in [0.05, 0.1) is 6.20 Å². The van der Waals surface area contributed by atoms with Gasteiger partial charge in [0.15, 0.2) is 0 Å². The summed E-state index contributed by atoms with van der Waals surface area (Å²) in [6.45, 7) is 1.81. The first-order valence-corrected chi connectivity index (χ1v) is 5.61. The van der Waals surface area contributed by atoms with Gasteiger partial charge in [-0.05, 0) is 42.4 Å². The summed E-state index contributed by atoms with van der Waals surface area (Å²) in [6, 6.07) is 4.30. The van der Waals surface area contributed by atoms with Crippen molar-refractivity contribution in [2.24, 2.45) is 5.73 Å². The lowest BCUT2D eigenvalue weighted by atomic mass is 10.1. The van der Waals surface area contributed by atoms with Gasteiger partial charge in [0.2, 0.25) is 0 Å². The summed E-state index contributed by atoms with van der Waals surface area (Å²) in [7, 11) is 0. The van der Waals surface area contributed by atoms with Crippen LogP contribution < -0.4 is 5.73 Å². The molecule has 0 aliphatic heterocycles. The van der Waals surface area contributed by atoms with Crippen LogP contribution in [0.1, 0.15) is 18.5 Å². The predicted octanol–water partition coefficient (Wildman–Crippen LogP) is 2.98. The van der Waals surface area contributed by atoms with Crippen molar-refractivity contribution in [2.45, 2.75) is 23.1 Å². The van der Waals surface area contributed by atoms with E-state index in [4.69, 9.17) is 10.2 Å². The second kappa shape index (κ2) is 4.67. The minimum absolute atomic E-state index is 0.229. The third-order valence-electron chi connectivity index (χ3n) is 2.07. The maximum absolute atomic E-state index is 13.1. The van der Waals surface area contributed by atoms with Crippen LogP contribution in [0.5, 0.6) is 0 Å². The van der Waals surface area contributed by atoms with Crippen LogP contribution in [0.3, 0.4) is 0 Å². The molecular weight excluding hydrogens is 227 g/mol. The minimum Gasteiger partial charge on any atom is -0.440 e. The molecule has 84 valence electrons. The van der Waals surface area contributed by atoms with Gasteiger partial charge in [0.1, 0.15) is 12.1 Å². The van der Waals surface area contributed by atoms with Gasteiger partial charge in [-0.3, -0.25) is 0 Å². The van der Waals surface area contributed by atoms with Crippen LogP contribution in [0.4, 0.5) is 4.39 Å². The highest BCUT2D eigenvalue weighted by Gasteiger charge is 2.11. The normalized spacial score (nSPS) is 12.7. The number of nitrogens with zero attached hydrogens (tertiary/aromatic N) is 1. The molecule has 0 aliphatic carbocycles. The van der Waals surface area contributed by atoms with E-state index in [1.807, 2.05) is 6.92 Å². The Kier molecular flexibility index (Phi) is 3.26. The first-order chi connectivity index (χ1) is 7.66. The smallest absolute Gasteiger partial charge is 0.260 e. The molecule has 0 spiro atoms. The molecule has 0 bridgehead atoms. The van der Waals surface area contributed by atoms with Gasteiger partial charge >= 0.3 is 0 Å². The standard InChI is InChI=1S/C11H11FN2OS/c1-7(13)9-6-8(12)2-3-10(9)16-11-14-4-5-15-11/h2-7H,13H2,1H3/t7-/m0/s1. The van der Waals surface area contributed by atoms with Gasteiger partial charge in [-0.2, -0.15) is 0 Å². The zero-order chi connectivity index (χ0) is 11.5. The first kappa shape index (κ1) is 11.2. The quantitative estimate of drug-likeness (QED) is 0.893. The predicted molar refractivity (Wildman–Crippen MR) is 59.6 cm³/mol. The number of hydrogen-bond acceptors (Lipinski definition) is 4. The summed E-state index contributed by atoms with van der Waals surface area (Å²) < 4.78 is 18.2. The maximum atomic E-state index is 13.1. The lowest BCUT2D eigenvalue weighted by molar-refractivity contribution is 0.454. The maximum Gasteiger partial charge on any atom is 0.260 e. The lowest BCUT2D eigenvalue weighted by Gasteiger charge is -2.10. The van der Waals surface area contributed by atoms with Crippen molar-refractivity contribution < 1.29 is 8.81 Å². The van der Waals surface area contributed by atoms with Crippen LogP contribution in [-0.2, 0) is 0 Å². The summed E-state index contributed by atoms with van der Waals surface area (Å²) >= 11 is 1.33. The molecule has 0 unspecified atom stereocenters. The van der Waals surface area contributed by atoms with Crippen LogP contribution in [-0.4, -0.2) is 4.98 Å². The van der Waals surface area contributed by atoms with Crippen molar-refractivity contribution in [1.29, 1.82) is 0 Å². The number of benzene rings is 1. The molecule has 2 aromatic rings. The summed E-state index contributed by atoms with van der Waals surface area (Å²) in [4.78, 5) is 4.86. The van der Waals surface area contributed by atoms with Gasteiger partial charge < -0.3 is 10.2 Å². The van der Waals surface area contributed by atoms with Gasteiger partial charge in [0, 0.05) is 10.9 Å². The average molecular weight is 238 g/mol. The van der Waals surface area contributed by atoms with Crippen LogP contribution in [0.2, 0.25) is 0 Å².